The van der Waals surface area contributed by atoms with Crippen molar-refractivity contribution < 1.29 is 13.3 Å². The molecule has 0 bridgehead atoms. The lowest BCUT2D eigenvalue weighted by Crippen LogP contribution is -2.25. The molecule has 0 aliphatic carbocycles. The lowest BCUT2D eigenvalue weighted by atomic mass is 10.2. The second-order valence-electron chi connectivity index (χ2n) is 6.52. The first-order chi connectivity index (χ1) is 14.4. The van der Waals surface area contributed by atoms with Crippen molar-refractivity contribution in [2.24, 2.45) is 0 Å². The minimum atomic E-state index is -3.97. The van der Waals surface area contributed by atoms with Gasteiger partial charge in [-0.15, -0.1) is 0 Å². The van der Waals surface area contributed by atoms with Crippen molar-refractivity contribution in [1.29, 1.82) is 0 Å². The topological polar surface area (TPSA) is 120 Å². The summed E-state index contributed by atoms with van der Waals surface area (Å²) in [6.45, 7) is 0.385. The molecule has 2 aromatic carbocycles. The van der Waals surface area contributed by atoms with Gasteiger partial charge in [0.1, 0.15) is 11.3 Å². The number of fused-ring (bicyclic) bond motifs is 1. The largest absolute Gasteiger partial charge is 0.307 e. The van der Waals surface area contributed by atoms with E-state index in [1.165, 1.54) is 18.2 Å². The van der Waals surface area contributed by atoms with Crippen LogP contribution >= 0.6 is 0 Å². The van der Waals surface area contributed by atoms with Crippen LogP contribution in [0.4, 0.5) is 5.69 Å². The smallest absolute Gasteiger partial charge is 0.270 e. The highest BCUT2D eigenvalue weighted by Gasteiger charge is 2.20. The van der Waals surface area contributed by atoms with Crippen molar-refractivity contribution in [2.75, 3.05) is 0 Å². The molecule has 4 rings (SSSR count). The van der Waals surface area contributed by atoms with E-state index in [2.05, 4.69) is 14.7 Å². The number of hydrogen-bond acceptors (Lipinski definition) is 6. The van der Waals surface area contributed by atoms with Crippen LogP contribution in [-0.4, -0.2) is 27.9 Å². The molecule has 152 valence electrons. The Hall–Kier alpha value is -3.63. The predicted octanol–water partition coefficient (Wildman–Crippen LogP) is 2.87. The summed E-state index contributed by atoms with van der Waals surface area (Å²) < 4.78 is 29.7. The number of non-ortho nitro benzene ring substituents is 1. The summed E-state index contributed by atoms with van der Waals surface area (Å²) in [4.78, 5) is 19.0. The monoisotopic (exact) mass is 423 g/mol. The van der Waals surface area contributed by atoms with E-state index in [9.17, 15) is 18.5 Å². The predicted molar refractivity (Wildman–Crippen MR) is 110 cm³/mol. The van der Waals surface area contributed by atoms with Crippen LogP contribution in [0.25, 0.3) is 11.2 Å². The maximum Gasteiger partial charge on any atom is 0.270 e. The molecule has 0 fully saturated rings. The molecule has 0 radical (unpaired) electrons. The number of nitro groups is 1. The van der Waals surface area contributed by atoms with E-state index in [0.29, 0.717) is 23.5 Å². The van der Waals surface area contributed by atoms with Gasteiger partial charge in [0.15, 0.2) is 5.65 Å². The summed E-state index contributed by atoms with van der Waals surface area (Å²) in [5.74, 6) is 0.488. The summed E-state index contributed by atoms with van der Waals surface area (Å²) in [5.41, 5.74) is 2.02. The minimum absolute atomic E-state index is 0.0891. The highest BCUT2D eigenvalue weighted by molar-refractivity contribution is 7.89. The molecule has 4 aromatic rings. The van der Waals surface area contributed by atoms with Crippen LogP contribution in [-0.2, 0) is 23.1 Å². The van der Waals surface area contributed by atoms with Crippen molar-refractivity contribution in [2.45, 2.75) is 18.0 Å². The number of pyridine rings is 1. The van der Waals surface area contributed by atoms with Gasteiger partial charge in [-0.1, -0.05) is 36.4 Å². The van der Waals surface area contributed by atoms with E-state index in [-0.39, 0.29) is 17.1 Å². The number of nitro benzene ring substituents is 1. The van der Waals surface area contributed by atoms with Gasteiger partial charge >= 0.3 is 0 Å². The van der Waals surface area contributed by atoms with Gasteiger partial charge in [0.2, 0.25) is 10.0 Å². The molecule has 0 amide bonds. The molecule has 0 aliphatic heterocycles. The van der Waals surface area contributed by atoms with Crippen LogP contribution in [0, 0.1) is 10.1 Å². The van der Waals surface area contributed by atoms with Gasteiger partial charge in [-0.25, -0.2) is 23.1 Å². The van der Waals surface area contributed by atoms with Gasteiger partial charge in [-0.05, 0) is 23.8 Å². The van der Waals surface area contributed by atoms with Gasteiger partial charge in [-0.2, -0.15) is 0 Å². The molecule has 0 atom stereocenters. The third kappa shape index (κ3) is 4.04. The summed E-state index contributed by atoms with van der Waals surface area (Å²) in [7, 11) is -3.97. The van der Waals surface area contributed by atoms with E-state index >= 15 is 0 Å². The van der Waals surface area contributed by atoms with E-state index in [4.69, 9.17) is 0 Å². The van der Waals surface area contributed by atoms with Crippen LogP contribution in [0.15, 0.2) is 77.8 Å². The summed E-state index contributed by atoms with van der Waals surface area (Å²) in [6, 6.07) is 18.2. The summed E-state index contributed by atoms with van der Waals surface area (Å²) >= 11 is 0. The molecule has 2 heterocycles. The zero-order valence-electron chi connectivity index (χ0n) is 15.7. The molecule has 9 nitrogen and oxygen atoms in total. The van der Waals surface area contributed by atoms with Gasteiger partial charge in [0.05, 0.1) is 22.9 Å². The number of nitrogens with zero attached hydrogens (tertiary/aromatic N) is 4. The summed E-state index contributed by atoms with van der Waals surface area (Å²) in [6.07, 6.45) is 1.66. The van der Waals surface area contributed by atoms with Crippen molar-refractivity contribution in [3.63, 3.8) is 0 Å². The molecule has 0 unspecified atom stereocenters. The molecule has 30 heavy (non-hydrogen) atoms. The highest BCUT2D eigenvalue weighted by Crippen LogP contribution is 2.19. The number of benzene rings is 2. The molecule has 0 aliphatic rings. The standard InChI is InChI=1S/C20H17N5O4S/c26-25(27)16-8-4-9-17(12-16)30(28,29)22-13-19-23-18-10-5-11-21-20(18)24(19)14-15-6-2-1-3-7-15/h1-12,22H,13-14H2. The van der Waals surface area contributed by atoms with E-state index in [1.54, 1.807) is 12.3 Å². The SMILES string of the molecule is O=[N+]([O-])c1cccc(S(=O)(=O)NCc2nc3cccnc3n2Cc2ccccc2)c1. The quantitative estimate of drug-likeness (QED) is 0.360. The Morgan fingerprint density at radius 2 is 1.83 bits per heavy atom. The fourth-order valence-corrected chi connectivity index (χ4v) is 4.10. The lowest BCUT2D eigenvalue weighted by Gasteiger charge is -2.10. The number of imidazole rings is 1. The number of hydrogen-bond donors (Lipinski definition) is 1. The lowest BCUT2D eigenvalue weighted by molar-refractivity contribution is -0.385. The Labute approximate surface area is 172 Å². The van der Waals surface area contributed by atoms with Crippen molar-refractivity contribution in [3.8, 4) is 0 Å². The fourth-order valence-electron chi connectivity index (χ4n) is 3.08. The van der Waals surface area contributed by atoms with Crippen LogP contribution < -0.4 is 4.72 Å². The van der Waals surface area contributed by atoms with Gasteiger partial charge < -0.3 is 4.57 Å². The number of rotatable bonds is 7. The Morgan fingerprint density at radius 1 is 1.03 bits per heavy atom. The molecular formula is C20H17N5O4S. The summed E-state index contributed by atoms with van der Waals surface area (Å²) in [5, 5.41) is 10.9. The maximum absolute atomic E-state index is 12.7. The first-order valence-electron chi connectivity index (χ1n) is 9.02. The van der Waals surface area contributed by atoms with Gasteiger partial charge in [-0.3, -0.25) is 10.1 Å². The average molecular weight is 423 g/mol. The molecule has 2 aromatic heterocycles. The maximum atomic E-state index is 12.7. The third-order valence-corrected chi connectivity index (χ3v) is 5.92. The van der Waals surface area contributed by atoms with E-state index in [0.717, 1.165) is 11.6 Å². The second-order valence-corrected chi connectivity index (χ2v) is 8.29. The third-order valence-electron chi connectivity index (χ3n) is 4.53. The zero-order chi connectivity index (χ0) is 21.1. The Bertz CT molecular complexity index is 1320. The van der Waals surface area contributed by atoms with Crippen molar-refractivity contribution in [3.05, 3.63) is 94.4 Å². The molecule has 0 saturated heterocycles. The molecule has 0 saturated carbocycles. The first-order valence-corrected chi connectivity index (χ1v) is 10.5. The van der Waals surface area contributed by atoms with Crippen molar-refractivity contribution >= 4 is 26.9 Å². The normalized spacial score (nSPS) is 11.6. The van der Waals surface area contributed by atoms with E-state index in [1.807, 2.05) is 41.0 Å². The van der Waals surface area contributed by atoms with Crippen LogP contribution in [0.5, 0.6) is 0 Å². The van der Waals surface area contributed by atoms with Crippen LogP contribution in [0.3, 0.4) is 0 Å². The first kappa shape index (κ1) is 19.7. The van der Waals surface area contributed by atoms with Crippen LogP contribution in [0.2, 0.25) is 0 Å². The minimum Gasteiger partial charge on any atom is -0.307 e. The highest BCUT2D eigenvalue weighted by atomic mass is 32.2. The van der Waals surface area contributed by atoms with Gasteiger partial charge in [0, 0.05) is 18.3 Å². The Kier molecular flexibility index (Phi) is 5.25. The Balaban J connectivity index is 1.64. The average Bonchev–Trinajstić information content (AvgIpc) is 3.11. The second kappa shape index (κ2) is 8.01. The van der Waals surface area contributed by atoms with Crippen LogP contribution in [0.1, 0.15) is 11.4 Å². The van der Waals surface area contributed by atoms with Crippen molar-refractivity contribution in [1.82, 2.24) is 19.3 Å². The number of nitrogens with one attached hydrogen (secondary N) is 1. The molecule has 0 spiro atoms. The molecule has 1 N–H and O–H groups in total. The molecular weight excluding hydrogens is 406 g/mol. The number of aromatic nitrogens is 3. The fraction of sp³-hybridized carbons (Fsp3) is 0.100. The zero-order valence-corrected chi connectivity index (χ0v) is 16.5. The van der Waals surface area contributed by atoms with E-state index < -0.39 is 14.9 Å². The van der Waals surface area contributed by atoms with Gasteiger partial charge in [0.25, 0.3) is 5.69 Å². The molecule has 10 heteroatoms. The number of sulfonamides is 1. The Morgan fingerprint density at radius 3 is 2.60 bits per heavy atom.